The lowest BCUT2D eigenvalue weighted by Crippen LogP contribution is -2.36. The Balaban J connectivity index is 1.47. The molecule has 0 radical (unpaired) electrons. The van der Waals surface area contributed by atoms with Gasteiger partial charge in [0.1, 0.15) is 13.2 Å². The van der Waals surface area contributed by atoms with Crippen LogP contribution in [0, 0.1) is 3.57 Å². The van der Waals surface area contributed by atoms with Gasteiger partial charge in [0, 0.05) is 16.3 Å². The molecule has 1 aliphatic rings. The molecule has 1 N–H and O–H groups in total. The van der Waals surface area contributed by atoms with Gasteiger partial charge in [-0.2, -0.15) is 0 Å². The maximum atomic E-state index is 13.1. The molecule has 224 valence electrons. The summed E-state index contributed by atoms with van der Waals surface area (Å²) in [5.74, 6) is -0.884. The van der Waals surface area contributed by atoms with Crippen molar-refractivity contribution < 1.29 is 33.4 Å². The molecule has 1 saturated heterocycles. The number of ether oxygens (including phenoxy) is 3. The zero-order valence-corrected chi connectivity index (χ0v) is 27.4. The monoisotopic (exact) mass is 754 g/mol. The second-order valence-electron chi connectivity index (χ2n) is 8.87. The minimum Gasteiger partial charge on any atom is -0.490 e. The highest BCUT2D eigenvalue weighted by Gasteiger charge is 2.36. The van der Waals surface area contributed by atoms with E-state index in [4.69, 9.17) is 37.4 Å². The van der Waals surface area contributed by atoms with E-state index in [2.05, 4.69) is 27.9 Å². The van der Waals surface area contributed by atoms with Crippen molar-refractivity contribution in [1.82, 2.24) is 4.90 Å². The summed E-state index contributed by atoms with van der Waals surface area (Å²) in [6.07, 6.45) is 1.57. The molecule has 0 atom stereocenters. The fourth-order valence-corrected chi connectivity index (χ4v) is 5.94. The smallest absolute Gasteiger partial charge is 0.339 e. The minimum absolute atomic E-state index is 0.0803. The van der Waals surface area contributed by atoms with Crippen LogP contribution in [0.3, 0.4) is 0 Å². The average molecular weight is 755 g/mol. The summed E-state index contributed by atoms with van der Waals surface area (Å²) >= 11 is 15.2. The molecule has 0 aliphatic carbocycles. The van der Waals surface area contributed by atoms with Crippen molar-refractivity contribution in [3.63, 3.8) is 0 Å². The number of anilines is 1. The van der Waals surface area contributed by atoms with Crippen LogP contribution >= 0.6 is 57.6 Å². The highest BCUT2D eigenvalue weighted by Crippen LogP contribution is 2.38. The number of hydrogen-bond donors (Lipinski definition) is 1. The highest BCUT2D eigenvalue weighted by molar-refractivity contribution is 14.1. The molecule has 0 spiro atoms. The maximum Gasteiger partial charge on any atom is 0.339 e. The Morgan fingerprint density at radius 1 is 1.00 bits per heavy atom. The van der Waals surface area contributed by atoms with Crippen molar-refractivity contribution in [2.75, 3.05) is 25.1 Å². The number of rotatable bonds is 11. The van der Waals surface area contributed by atoms with E-state index < -0.39 is 29.6 Å². The maximum absolute atomic E-state index is 13.1. The molecule has 0 aromatic heterocycles. The van der Waals surface area contributed by atoms with Gasteiger partial charge in [0.15, 0.2) is 11.5 Å². The van der Waals surface area contributed by atoms with Gasteiger partial charge < -0.3 is 19.5 Å². The van der Waals surface area contributed by atoms with Gasteiger partial charge in [-0.1, -0.05) is 41.4 Å². The van der Waals surface area contributed by atoms with Gasteiger partial charge in [0.2, 0.25) is 5.91 Å². The number of amides is 3. The summed E-state index contributed by atoms with van der Waals surface area (Å²) in [5, 5.41) is 2.74. The van der Waals surface area contributed by atoms with Crippen molar-refractivity contribution in [2.45, 2.75) is 20.5 Å². The quantitative estimate of drug-likeness (QED) is 0.122. The minimum atomic E-state index is -0.637. The Labute approximate surface area is 276 Å². The number of nitrogens with one attached hydrogen (secondary N) is 1. The lowest BCUT2D eigenvalue weighted by atomic mass is 10.1. The Hall–Kier alpha value is -3.26. The van der Waals surface area contributed by atoms with Gasteiger partial charge in [-0.25, -0.2) is 4.79 Å². The van der Waals surface area contributed by atoms with Crippen LogP contribution in [-0.4, -0.2) is 47.7 Å². The Kier molecular flexibility index (Phi) is 11.4. The fourth-order valence-electron chi connectivity index (χ4n) is 3.94. The van der Waals surface area contributed by atoms with Gasteiger partial charge in [0.25, 0.3) is 11.1 Å². The molecule has 1 fully saturated rings. The number of imide groups is 1. The summed E-state index contributed by atoms with van der Waals surface area (Å²) in [6, 6.07) is 15.2. The molecule has 4 rings (SSSR count). The average Bonchev–Trinajstić information content (AvgIpc) is 3.21. The van der Waals surface area contributed by atoms with E-state index in [1.807, 2.05) is 25.1 Å². The Morgan fingerprint density at radius 2 is 1.77 bits per heavy atom. The third kappa shape index (κ3) is 8.22. The summed E-state index contributed by atoms with van der Waals surface area (Å²) in [6.45, 7) is 3.75. The van der Waals surface area contributed by atoms with Crippen molar-refractivity contribution in [2.24, 2.45) is 0 Å². The molecule has 3 amide bonds. The van der Waals surface area contributed by atoms with E-state index in [1.54, 1.807) is 31.2 Å². The van der Waals surface area contributed by atoms with Crippen molar-refractivity contribution in [3.8, 4) is 11.5 Å². The molecule has 3 aromatic carbocycles. The molecule has 3 aromatic rings. The highest BCUT2D eigenvalue weighted by atomic mass is 127. The van der Waals surface area contributed by atoms with Crippen LogP contribution in [0.25, 0.3) is 6.08 Å². The first-order valence-electron chi connectivity index (χ1n) is 13.0. The van der Waals surface area contributed by atoms with Crippen LogP contribution < -0.4 is 14.8 Å². The lowest BCUT2D eigenvalue weighted by molar-refractivity contribution is -0.127. The molecule has 0 saturated carbocycles. The van der Waals surface area contributed by atoms with E-state index in [1.165, 1.54) is 18.2 Å². The number of benzene rings is 3. The van der Waals surface area contributed by atoms with E-state index in [0.29, 0.717) is 28.7 Å². The standard InChI is InChI=1S/C30H25Cl2IN2O7S/c1-3-40-24-12-17(11-23(33)27(24)42-16-18-7-5-6-8-21(18)31)13-25-28(37)35(30(39)43-25)15-26(36)34-19-9-10-22(32)20(14-19)29(38)41-4-2/h5-14H,3-4,15-16H2,1-2H3,(H,34,36)/b25-13+. The number of carbonyl (C=O) groups excluding carboxylic acids is 4. The molecule has 0 unspecified atom stereocenters. The predicted octanol–water partition coefficient (Wildman–Crippen LogP) is 7.43. The number of esters is 1. The fraction of sp³-hybridized carbons (Fsp3) is 0.200. The third-order valence-electron chi connectivity index (χ3n) is 5.88. The van der Waals surface area contributed by atoms with Crippen molar-refractivity contribution >= 4 is 92.3 Å². The molecule has 13 heteroatoms. The molecular weight excluding hydrogens is 730 g/mol. The number of carbonyl (C=O) groups is 4. The van der Waals surface area contributed by atoms with Gasteiger partial charge in [-0.15, -0.1) is 0 Å². The SMILES string of the molecule is CCOC(=O)c1cc(NC(=O)CN2C(=O)S/C(=C/c3cc(I)c(OCc4ccccc4Cl)c(OCC)c3)C2=O)ccc1Cl. The number of halogens is 3. The number of nitrogens with zero attached hydrogens (tertiary/aromatic N) is 1. The lowest BCUT2D eigenvalue weighted by Gasteiger charge is -2.15. The van der Waals surface area contributed by atoms with E-state index in [-0.39, 0.29) is 34.4 Å². The second-order valence-corrected chi connectivity index (χ2v) is 11.8. The molecular formula is C30H25Cl2IN2O7S. The van der Waals surface area contributed by atoms with E-state index in [0.717, 1.165) is 25.8 Å². The molecule has 0 bridgehead atoms. The van der Waals surface area contributed by atoms with Crippen LogP contribution in [0.4, 0.5) is 10.5 Å². The van der Waals surface area contributed by atoms with Crippen LogP contribution in [0.15, 0.2) is 59.5 Å². The summed E-state index contributed by atoms with van der Waals surface area (Å²) in [4.78, 5) is 51.6. The first-order chi connectivity index (χ1) is 20.6. The topological polar surface area (TPSA) is 111 Å². The summed E-state index contributed by atoms with van der Waals surface area (Å²) in [5.41, 5.74) is 1.77. The zero-order valence-electron chi connectivity index (χ0n) is 22.9. The zero-order chi connectivity index (χ0) is 31.1. The second kappa shape index (κ2) is 15.0. The predicted molar refractivity (Wildman–Crippen MR) is 175 cm³/mol. The number of thioether (sulfide) groups is 1. The molecule has 1 heterocycles. The molecule has 9 nitrogen and oxygen atoms in total. The van der Waals surface area contributed by atoms with Crippen LogP contribution in [0.2, 0.25) is 10.0 Å². The largest absolute Gasteiger partial charge is 0.490 e. The molecule has 43 heavy (non-hydrogen) atoms. The van der Waals surface area contributed by atoms with Gasteiger partial charge in [-0.3, -0.25) is 19.3 Å². The van der Waals surface area contributed by atoms with Crippen molar-refractivity contribution in [3.05, 3.63) is 89.8 Å². The van der Waals surface area contributed by atoms with E-state index in [9.17, 15) is 19.2 Å². The van der Waals surface area contributed by atoms with Crippen LogP contribution in [0.1, 0.15) is 35.3 Å². The van der Waals surface area contributed by atoms with Crippen molar-refractivity contribution in [1.29, 1.82) is 0 Å². The first kappa shape index (κ1) is 32.6. The summed E-state index contributed by atoms with van der Waals surface area (Å²) < 4.78 is 17.6. The Bertz CT molecular complexity index is 1620. The molecule has 1 aliphatic heterocycles. The van der Waals surface area contributed by atoms with Crippen LogP contribution in [0.5, 0.6) is 11.5 Å². The van der Waals surface area contributed by atoms with Gasteiger partial charge >= 0.3 is 5.97 Å². The number of hydrogen-bond acceptors (Lipinski definition) is 8. The third-order valence-corrected chi connectivity index (χ3v) is 8.29. The normalized spacial score (nSPS) is 13.8. The van der Waals surface area contributed by atoms with Gasteiger partial charge in [0.05, 0.1) is 32.3 Å². The van der Waals surface area contributed by atoms with E-state index >= 15 is 0 Å². The van der Waals surface area contributed by atoms with Crippen LogP contribution in [-0.2, 0) is 20.9 Å². The van der Waals surface area contributed by atoms with Gasteiger partial charge in [-0.05, 0) is 96.2 Å². The Morgan fingerprint density at radius 3 is 2.49 bits per heavy atom. The summed E-state index contributed by atoms with van der Waals surface area (Å²) in [7, 11) is 0. The first-order valence-corrected chi connectivity index (χ1v) is 15.6.